The van der Waals surface area contributed by atoms with Crippen molar-refractivity contribution >= 4 is 43.2 Å². The van der Waals surface area contributed by atoms with Gasteiger partial charge >= 0.3 is 0 Å². The quantitative estimate of drug-likeness (QED) is 0.820. The molecule has 0 radical (unpaired) electrons. The Hall–Kier alpha value is -1.86. The van der Waals surface area contributed by atoms with Crippen molar-refractivity contribution in [3.05, 3.63) is 58.1 Å². The SMILES string of the molecule is Cc1ccc(NC(=O)CN(c2cccc(Br)c2)S(C)(=O)=O)c(C)c1. The van der Waals surface area contributed by atoms with E-state index in [1.165, 1.54) is 0 Å². The van der Waals surface area contributed by atoms with Crippen LogP contribution in [0.5, 0.6) is 0 Å². The van der Waals surface area contributed by atoms with Crippen molar-refractivity contribution in [2.45, 2.75) is 13.8 Å². The number of nitrogens with one attached hydrogen (secondary N) is 1. The van der Waals surface area contributed by atoms with Crippen LogP contribution in [0.1, 0.15) is 11.1 Å². The maximum atomic E-state index is 12.3. The highest BCUT2D eigenvalue weighted by molar-refractivity contribution is 9.10. The standard InChI is InChI=1S/C17H19BrN2O3S/c1-12-7-8-16(13(2)9-12)19-17(21)11-20(24(3,22)23)15-6-4-5-14(18)10-15/h4-10H,11H2,1-3H3,(H,19,21). The first kappa shape index (κ1) is 18.5. The molecular weight excluding hydrogens is 392 g/mol. The molecule has 0 aliphatic heterocycles. The van der Waals surface area contributed by atoms with Crippen LogP contribution in [0.4, 0.5) is 11.4 Å². The van der Waals surface area contributed by atoms with Crippen molar-refractivity contribution in [3.63, 3.8) is 0 Å². The van der Waals surface area contributed by atoms with Crippen LogP contribution in [0.25, 0.3) is 0 Å². The van der Waals surface area contributed by atoms with E-state index in [0.717, 1.165) is 26.2 Å². The number of benzene rings is 2. The third kappa shape index (κ3) is 4.82. The second kappa shape index (κ2) is 7.36. The molecule has 2 aromatic rings. The van der Waals surface area contributed by atoms with Gasteiger partial charge in [0.25, 0.3) is 0 Å². The molecule has 0 fully saturated rings. The molecule has 128 valence electrons. The monoisotopic (exact) mass is 410 g/mol. The maximum absolute atomic E-state index is 12.3. The van der Waals surface area contributed by atoms with E-state index >= 15 is 0 Å². The number of nitrogens with zero attached hydrogens (tertiary/aromatic N) is 1. The summed E-state index contributed by atoms with van der Waals surface area (Å²) in [5.74, 6) is -0.396. The van der Waals surface area contributed by atoms with Crippen molar-refractivity contribution in [1.82, 2.24) is 0 Å². The van der Waals surface area contributed by atoms with Crippen LogP contribution < -0.4 is 9.62 Å². The Morgan fingerprint density at radius 3 is 2.46 bits per heavy atom. The summed E-state index contributed by atoms with van der Waals surface area (Å²) >= 11 is 3.31. The second-order valence-corrected chi connectivity index (χ2v) is 8.44. The van der Waals surface area contributed by atoms with Gasteiger partial charge in [-0.3, -0.25) is 9.10 Å². The number of hydrogen-bond donors (Lipinski definition) is 1. The number of aryl methyl sites for hydroxylation is 2. The number of amides is 1. The molecule has 7 heteroatoms. The van der Waals surface area contributed by atoms with Crippen LogP contribution in [0.3, 0.4) is 0 Å². The predicted molar refractivity (Wildman–Crippen MR) is 101 cm³/mol. The van der Waals surface area contributed by atoms with Gasteiger partial charge in [0.05, 0.1) is 11.9 Å². The van der Waals surface area contributed by atoms with E-state index in [1.54, 1.807) is 24.3 Å². The van der Waals surface area contributed by atoms with Crippen molar-refractivity contribution in [3.8, 4) is 0 Å². The third-order valence-electron chi connectivity index (χ3n) is 3.44. The molecule has 0 spiro atoms. The Balaban J connectivity index is 2.22. The number of anilines is 2. The van der Waals surface area contributed by atoms with Gasteiger partial charge in [-0.05, 0) is 43.7 Å². The van der Waals surface area contributed by atoms with Gasteiger partial charge in [-0.15, -0.1) is 0 Å². The van der Waals surface area contributed by atoms with Crippen LogP contribution in [0.2, 0.25) is 0 Å². The summed E-state index contributed by atoms with van der Waals surface area (Å²) in [7, 11) is -3.59. The van der Waals surface area contributed by atoms with Crippen LogP contribution >= 0.6 is 15.9 Å². The molecule has 2 aromatic carbocycles. The molecule has 0 aromatic heterocycles. The highest BCUT2D eigenvalue weighted by Crippen LogP contribution is 2.22. The zero-order valence-corrected chi connectivity index (χ0v) is 16.1. The number of sulfonamides is 1. The molecule has 0 bridgehead atoms. The average Bonchev–Trinajstić information content (AvgIpc) is 2.46. The Morgan fingerprint density at radius 1 is 1.17 bits per heavy atom. The summed E-state index contributed by atoms with van der Waals surface area (Å²) < 4.78 is 26.0. The average molecular weight is 411 g/mol. The Kier molecular flexibility index (Phi) is 5.66. The van der Waals surface area contributed by atoms with Gasteiger partial charge in [-0.1, -0.05) is 39.7 Å². The molecule has 24 heavy (non-hydrogen) atoms. The van der Waals surface area contributed by atoms with Gasteiger partial charge in [0.2, 0.25) is 15.9 Å². The highest BCUT2D eigenvalue weighted by Gasteiger charge is 2.21. The fourth-order valence-electron chi connectivity index (χ4n) is 2.31. The lowest BCUT2D eigenvalue weighted by molar-refractivity contribution is -0.114. The number of halogens is 1. The molecule has 2 rings (SSSR count). The molecule has 0 unspecified atom stereocenters. The minimum absolute atomic E-state index is 0.289. The van der Waals surface area contributed by atoms with Gasteiger partial charge in [0.15, 0.2) is 0 Å². The molecule has 0 heterocycles. The summed E-state index contributed by atoms with van der Waals surface area (Å²) in [5.41, 5.74) is 3.13. The topological polar surface area (TPSA) is 66.5 Å². The zero-order chi connectivity index (χ0) is 17.9. The fraction of sp³-hybridized carbons (Fsp3) is 0.235. The summed E-state index contributed by atoms with van der Waals surface area (Å²) in [5, 5.41) is 2.77. The van der Waals surface area contributed by atoms with Crippen molar-refractivity contribution in [2.24, 2.45) is 0 Å². The number of carbonyl (C=O) groups is 1. The first-order chi connectivity index (χ1) is 11.2. The van der Waals surface area contributed by atoms with Gasteiger partial charge in [0.1, 0.15) is 6.54 Å². The molecule has 0 aliphatic rings. The van der Waals surface area contributed by atoms with E-state index in [9.17, 15) is 13.2 Å². The molecule has 1 amide bonds. The lowest BCUT2D eigenvalue weighted by Gasteiger charge is -2.22. The number of hydrogen-bond acceptors (Lipinski definition) is 3. The van der Waals surface area contributed by atoms with E-state index in [4.69, 9.17) is 0 Å². The smallest absolute Gasteiger partial charge is 0.245 e. The predicted octanol–water partition coefficient (Wildman–Crippen LogP) is 3.47. The second-order valence-electron chi connectivity index (χ2n) is 5.62. The van der Waals surface area contributed by atoms with Gasteiger partial charge in [-0.2, -0.15) is 0 Å². The highest BCUT2D eigenvalue weighted by atomic mass is 79.9. The molecule has 0 aliphatic carbocycles. The summed E-state index contributed by atoms with van der Waals surface area (Å²) in [4.78, 5) is 12.3. The number of rotatable bonds is 5. The van der Waals surface area contributed by atoms with Crippen molar-refractivity contribution in [1.29, 1.82) is 0 Å². The van der Waals surface area contributed by atoms with E-state index in [-0.39, 0.29) is 6.54 Å². The number of carbonyl (C=O) groups excluding carboxylic acids is 1. The van der Waals surface area contributed by atoms with Crippen LogP contribution in [0, 0.1) is 13.8 Å². The van der Waals surface area contributed by atoms with Gasteiger partial charge in [-0.25, -0.2) is 8.42 Å². The van der Waals surface area contributed by atoms with Crippen molar-refractivity contribution < 1.29 is 13.2 Å². The summed E-state index contributed by atoms with van der Waals surface area (Å²) in [6.07, 6.45) is 1.08. The van der Waals surface area contributed by atoms with Crippen molar-refractivity contribution in [2.75, 3.05) is 22.4 Å². The van der Waals surface area contributed by atoms with Crippen LogP contribution in [-0.2, 0) is 14.8 Å². The maximum Gasteiger partial charge on any atom is 0.245 e. The molecule has 5 nitrogen and oxygen atoms in total. The first-order valence-electron chi connectivity index (χ1n) is 7.27. The van der Waals surface area contributed by atoms with E-state index < -0.39 is 15.9 Å². The fourth-order valence-corrected chi connectivity index (χ4v) is 3.54. The van der Waals surface area contributed by atoms with E-state index in [0.29, 0.717) is 11.4 Å². The Bertz CT molecular complexity index is 866. The minimum atomic E-state index is -3.59. The normalized spacial score (nSPS) is 11.2. The molecule has 0 saturated heterocycles. The third-order valence-corrected chi connectivity index (χ3v) is 5.07. The van der Waals surface area contributed by atoms with E-state index in [2.05, 4.69) is 21.2 Å². The lowest BCUT2D eigenvalue weighted by Crippen LogP contribution is -2.37. The minimum Gasteiger partial charge on any atom is -0.324 e. The van der Waals surface area contributed by atoms with E-state index in [1.807, 2.05) is 32.0 Å². The summed E-state index contributed by atoms with van der Waals surface area (Å²) in [6, 6.07) is 12.5. The van der Waals surface area contributed by atoms with Crippen LogP contribution in [-0.4, -0.2) is 27.1 Å². The zero-order valence-electron chi connectivity index (χ0n) is 13.7. The first-order valence-corrected chi connectivity index (χ1v) is 9.91. The van der Waals surface area contributed by atoms with Crippen LogP contribution in [0.15, 0.2) is 46.9 Å². The van der Waals surface area contributed by atoms with Gasteiger partial charge < -0.3 is 5.32 Å². The molecular formula is C17H19BrN2O3S. The largest absolute Gasteiger partial charge is 0.324 e. The Labute approximate surface area is 150 Å². The molecule has 0 atom stereocenters. The molecule has 1 N–H and O–H groups in total. The van der Waals surface area contributed by atoms with Gasteiger partial charge in [0, 0.05) is 10.2 Å². The lowest BCUT2D eigenvalue weighted by atomic mass is 10.1. The Morgan fingerprint density at radius 2 is 1.88 bits per heavy atom. The summed E-state index contributed by atoms with van der Waals surface area (Å²) in [6.45, 7) is 3.57. The molecule has 0 saturated carbocycles.